The number of hydrogen-bond acceptors (Lipinski definition) is 2. The number of benzene rings is 2. The number of aromatic nitrogens is 3. The number of nitrogens with zero attached hydrogens (tertiary/aromatic N) is 2. The molecular formula is C23H21N3. The topological polar surface area (TPSA) is 41.6 Å². The van der Waals surface area contributed by atoms with Crippen molar-refractivity contribution in [2.75, 3.05) is 0 Å². The average Bonchev–Trinajstić information content (AvgIpc) is 3.00. The van der Waals surface area contributed by atoms with E-state index < -0.39 is 0 Å². The van der Waals surface area contributed by atoms with Gasteiger partial charge in [0.05, 0.1) is 11.2 Å². The van der Waals surface area contributed by atoms with Gasteiger partial charge in [0.15, 0.2) is 5.65 Å². The molecule has 0 radical (unpaired) electrons. The highest BCUT2D eigenvalue weighted by Crippen LogP contribution is 2.28. The quantitative estimate of drug-likeness (QED) is 0.502. The van der Waals surface area contributed by atoms with Crippen LogP contribution in [0.15, 0.2) is 61.2 Å². The Kier molecular flexibility index (Phi) is 3.92. The Morgan fingerprint density at radius 3 is 2.04 bits per heavy atom. The number of pyridine rings is 1. The van der Waals surface area contributed by atoms with Crippen LogP contribution >= 0.6 is 0 Å². The summed E-state index contributed by atoms with van der Waals surface area (Å²) in [6, 6.07) is 19.2. The summed E-state index contributed by atoms with van der Waals surface area (Å²) in [6.07, 6.45) is 0. The number of nitrogens with one attached hydrogen (secondary N) is 1. The zero-order chi connectivity index (χ0) is 18.3. The maximum atomic E-state index is 4.75. The third-order valence-corrected chi connectivity index (χ3v) is 4.65. The maximum Gasteiger partial charge on any atom is 0.178 e. The van der Waals surface area contributed by atoms with Crippen molar-refractivity contribution in [2.45, 2.75) is 20.8 Å². The summed E-state index contributed by atoms with van der Waals surface area (Å²) < 4.78 is 0. The molecule has 0 amide bonds. The molecule has 3 heteroatoms. The van der Waals surface area contributed by atoms with Gasteiger partial charge in [-0.25, -0.2) is 9.97 Å². The minimum atomic E-state index is 0.766. The molecule has 0 atom stereocenters. The molecule has 0 aliphatic carbocycles. The van der Waals surface area contributed by atoms with Crippen molar-refractivity contribution in [1.29, 1.82) is 0 Å². The van der Waals surface area contributed by atoms with E-state index in [9.17, 15) is 0 Å². The summed E-state index contributed by atoms with van der Waals surface area (Å²) in [6.45, 7) is 10.0. The van der Waals surface area contributed by atoms with E-state index >= 15 is 0 Å². The van der Waals surface area contributed by atoms with Crippen LogP contribution in [0, 0.1) is 13.8 Å². The van der Waals surface area contributed by atoms with Crippen molar-refractivity contribution in [3.63, 3.8) is 0 Å². The molecule has 0 bridgehead atoms. The third kappa shape index (κ3) is 2.93. The molecule has 26 heavy (non-hydrogen) atoms. The van der Waals surface area contributed by atoms with E-state index in [1.807, 2.05) is 13.8 Å². The second-order valence-electron chi connectivity index (χ2n) is 6.78. The van der Waals surface area contributed by atoms with Crippen molar-refractivity contribution < 1.29 is 0 Å². The van der Waals surface area contributed by atoms with Gasteiger partial charge in [-0.15, -0.1) is 0 Å². The summed E-state index contributed by atoms with van der Waals surface area (Å²) in [5.41, 5.74) is 9.62. The Balaban J connectivity index is 1.69. The lowest BCUT2D eigenvalue weighted by molar-refractivity contribution is 1.16. The predicted octanol–water partition coefficient (Wildman–Crippen LogP) is 5.94. The Labute approximate surface area is 153 Å². The summed E-state index contributed by atoms with van der Waals surface area (Å²) in [5.74, 6) is 0.887. The molecule has 2 heterocycles. The van der Waals surface area contributed by atoms with Crippen LogP contribution in [0.2, 0.25) is 0 Å². The number of aryl methyl sites for hydroxylation is 2. The fourth-order valence-corrected chi connectivity index (χ4v) is 3.22. The molecule has 2 aromatic heterocycles. The van der Waals surface area contributed by atoms with Crippen LogP contribution in [0.5, 0.6) is 0 Å². The van der Waals surface area contributed by atoms with Gasteiger partial charge in [-0.1, -0.05) is 60.7 Å². The second kappa shape index (κ2) is 6.26. The van der Waals surface area contributed by atoms with Crippen LogP contribution in [0.1, 0.15) is 23.9 Å². The largest absolute Gasteiger partial charge is 0.341 e. The van der Waals surface area contributed by atoms with Gasteiger partial charge in [0.25, 0.3) is 0 Å². The van der Waals surface area contributed by atoms with Gasteiger partial charge in [-0.2, -0.15) is 0 Å². The van der Waals surface area contributed by atoms with Gasteiger partial charge >= 0.3 is 0 Å². The molecule has 0 spiro atoms. The lowest BCUT2D eigenvalue weighted by atomic mass is 9.99. The highest BCUT2D eigenvalue weighted by Gasteiger charge is 2.09. The molecule has 4 aromatic rings. The number of hydrogen-bond donors (Lipinski definition) is 1. The number of fused-ring (bicyclic) bond motifs is 1. The Hall–Kier alpha value is -3.20. The van der Waals surface area contributed by atoms with Crippen molar-refractivity contribution in [2.24, 2.45) is 0 Å². The standard InChI is InChI=1S/C23H21N3/c1-14(2)17-5-7-18(8-6-17)19-9-11-20(12-10-19)22-15(3)13-21-23(26-22)25-16(4)24-21/h5-13H,1H2,2-4H3,(H,24,25,26). The first kappa shape index (κ1) is 16.3. The number of H-pyrrole nitrogens is 1. The van der Waals surface area contributed by atoms with Crippen molar-refractivity contribution >= 4 is 16.7 Å². The molecule has 4 rings (SSSR count). The van der Waals surface area contributed by atoms with Gasteiger partial charge in [-0.05, 0) is 49.1 Å². The molecular weight excluding hydrogens is 318 g/mol. The summed E-state index contributed by atoms with van der Waals surface area (Å²) in [7, 11) is 0. The lowest BCUT2D eigenvalue weighted by Gasteiger charge is -2.08. The van der Waals surface area contributed by atoms with Crippen LogP contribution < -0.4 is 0 Å². The molecule has 128 valence electrons. The van der Waals surface area contributed by atoms with E-state index in [0.29, 0.717) is 0 Å². The van der Waals surface area contributed by atoms with Crippen LogP contribution in [-0.4, -0.2) is 15.0 Å². The fourth-order valence-electron chi connectivity index (χ4n) is 3.22. The van der Waals surface area contributed by atoms with E-state index in [1.165, 1.54) is 16.7 Å². The Morgan fingerprint density at radius 2 is 1.42 bits per heavy atom. The minimum absolute atomic E-state index is 0.766. The molecule has 3 nitrogen and oxygen atoms in total. The molecule has 1 N–H and O–H groups in total. The van der Waals surface area contributed by atoms with E-state index in [2.05, 4.69) is 78.1 Å². The van der Waals surface area contributed by atoms with E-state index in [0.717, 1.165) is 39.4 Å². The average molecular weight is 339 g/mol. The first-order valence-electron chi connectivity index (χ1n) is 8.72. The number of imidazole rings is 1. The number of rotatable bonds is 3. The fraction of sp³-hybridized carbons (Fsp3) is 0.130. The second-order valence-corrected chi connectivity index (χ2v) is 6.78. The zero-order valence-electron chi connectivity index (χ0n) is 15.3. The van der Waals surface area contributed by atoms with Gasteiger partial charge in [-0.3, -0.25) is 0 Å². The number of allylic oxidation sites excluding steroid dienone is 1. The smallest absolute Gasteiger partial charge is 0.178 e. The van der Waals surface area contributed by atoms with Gasteiger partial charge < -0.3 is 4.98 Å². The molecule has 0 saturated carbocycles. The Morgan fingerprint density at radius 1 is 0.846 bits per heavy atom. The van der Waals surface area contributed by atoms with E-state index in [-0.39, 0.29) is 0 Å². The Bertz CT molecular complexity index is 1100. The molecule has 2 aromatic carbocycles. The van der Waals surface area contributed by atoms with Crippen LogP contribution in [0.3, 0.4) is 0 Å². The van der Waals surface area contributed by atoms with Crippen LogP contribution in [0.4, 0.5) is 0 Å². The van der Waals surface area contributed by atoms with Crippen molar-refractivity contribution in [3.8, 4) is 22.4 Å². The molecule has 0 saturated heterocycles. The molecule has 0 aliphatic rings. The van der Waals surface area contributed by atoms with E-state index in [4.69, 9.17) is 4.98 Å². The van der Waals surface area contributed by atoms with E-state index in [1.54, 1.807) is 0 Å². The van der Waals surface area contributed by atoms with Gasteiger partial charge in [0.1, 0.15) is 5.82 Å². The highest BCUT2D eigenvalue weighted by atomic mass is 15.0. The number of aromatic amines is 1. The molecule has 0 aliphatic heterocycles. The summed E-state index contributed by atoms with van der Waals surface area (Å²) >= 11 is 0. The lowest BCUT2D eigenvalue weighted by Crippen LogP contribution is -1.90. The van der Waals surface area contributed by atoms with Crippen LogP contribution in [-0.2, 0) is 0 Å². The molecule has 0 unspecified atom stereocenters. The van der Waals surface area contributed by atoms with Gasteiger partial charge in [0.2, 0.25) is 0 Å². The SMILES string of the molecule is C=C(C)c1ccc(-c2ccc(-c3nc4nc(C)[nH]c4cc3C)cc2)cc1. The first-order valence-corrected chi connectivity index (χ1v) is 8.72. The monoisotopic (exact) mass is 339 g/mol. The van der Waals surface area contributed by atoms with Crippen LogP contribution in [0.25, 0.3) is 39.1 Å². The zero-order valence-corrected chi connectivity index (χ0v) is 15.3. The summed E-state index contributed by atoms with van der Waals surface area (Å²) in [4.78, 5) is 12.4. The van der Waals surface area contributed by atoms with Gasteiger partial charge in [0, 0.05) is 5.56 Å². The van der Waals surface area contributed by atoms with Crippen molar-refractivity contribution in [1.82, 2.24) is 15.0 Å². The highest BCUT2D eigenvalue weighted by molar-refractivity contribution is 5.79. The van der Waals surface area contributed by atoms with Crippen molar-refractivity contribution in [3.05, 3.63) is 78.1 Å². The normalized spacial score (nSPS) is 11.0. The third-order valence-electron chi connectivity index (χ3n) is 4.65. The predicted molar refractivity (Wildman–Crippen MR) is 109 cm³/mol. The summed E-state index contributed by atoms with van der Waals surface area (Å²) in [5, 5.41) is 0. The maximum absolute atomic E-state index is 4.75. The minimum Gasteiger partial charge on any atom is -0.341 e. The first-order chi connectivity index (χ1) is 12.5. The molecule has 0 fully saturated rings.